The molecule has 0 heterocycles. The molecule has 0 aliphatic carbocycles. The molecule has 6 heteroatoms. The second-order valence-corrected chi connectivity index (χ2v) is 5.70. The largest absolute Gasteiger partial charge is 0.490 e. The molecule has 0 fully saturated rings. The third-order valence-corrected chi connectivity index (χ3v) is 3.29. The summed E-state index contributed by atoms with van der Waals surface area (Å²) in [7, 11) is 0. The molecule has 0 saturated heterocycles. The Hall–Kier alpha value is -3.41. The predicted octanol–water partition coefficient (Wildman–Crippen LogP) is 2.96. The minimum atomic E-state index is -0.848. The molecule has 134 valence electrons. The molecule has 2 aromatic carbocycles. The standard InChI is InChI=1S/C20H21N3O3/c1-4-8-26-18-7-5-6-16(12-18)13-21-23-20(25)19(24)22-17-10-14(2)9-15(3)11-17/h4-7,9-13H,1,8H2,2-3H3,(H,22,24)(H,23,25)/b21-13-. The minimum absolute atomic E-state index is 0.399. The molecule has 2 amide bonds. The zero-order valence-electron chi connectivity index (χ0n) is 14.8. The number of carbonyl (C=O) groups excluding carboxylic acids is 2. The van der Waals surface area contributed by atoms with E-state index in [0.29, 0.717) is 18.0 Å². The fourth-order valence-corrected chi connectivity index (χ4v) is 2.29. The van der Waals surface area contributed by atoms with E-state index in [1.54, 1.807) is 42.5 Å². The van der Waals surface area contributed by atoms with E-state index in [1.165, 1.54) is 6.21 Å². The summed E-state index contributed by atoms with van der Waals surface area (Å²) in [6.45, 7) is 7.82. The molecule has 26 heavy (non-hydrogen) atoms. The number of hydrogen-bond acceptors (Lipinski definition) is 4. The third kappa shape index (κ3) is 5.90. The summed E-state index contributed by atoms with van der Waals surface area (Å²) >= 11 is 0. The Morgan fingerprint density at radius 3 is 2.54 bits per heavy atom. The van der Waals surface area contributed by atoms with Crippen molar-refractivity contribution in [2.75, 3.05) is 11.9 Å². The zero-order valence-corrected chi connectivity index (χ0v) is 14.8. The van der Waals surface area contributed by atoms with E-state index in [0.717, 1.165) is 16.7 Å². The quantitative estimate of drug-likeness (QED) is 0.363. The first-order valence-electron chi connectivity index (χ1n) is 8.04. The Morgan fingerprint density at radius 2 is 1.85 bits per heavy atom. The van der Waals surface area contributed by atoms with E-state index >= 15 is 0 Å². The number of hydrazone groups is 1. The first kappa shape index (κ1) is 18.9. The highest BCUT2D eigenvalue weighted by atomic mass is 16.5. The number of benzene rings is 2. The van der Waals surface area contributed by atoms with E-state index in [-0.39, 0.29) is 0 Å². The van der Waals surface area contributed by atoms with Crippen LogP contribution in [-0.4, -0.2) is 24.6 Å². The van der Waals surface area contributed by atoms with Crippen molar-refractivity contribution in [1.29, 1.82) is 0 Å². The van der Waals surface area contributed by atoms with Gasteiger partial charge in [0.2, 0.25) is 0 Å². The summed E-state index contributed by atoms with van der Waals surface area (Å²) in [5, 5.41) is 6.35. The minimum Gasteiger partial charge on any atom is -0.490 e. The van der Waals surface area contributed by atoms with Crippen molar-refractivity contribution in [2.45, 2.75) is 13.8 Å². The Bertz CT molecular complexity index is 824. The fraction of sp³-hybridized carbons (Fsp3) is 0.150. The maximum Gasteiger partial charge on any atom is 0.329 e. The van der Waals surface area contributed by atoms with Crippen molar-refractivity contribution in [2.24, 2.45) is 5.10 Å². The van der Waals surface area contributed by atoms with Crippen LogP contribution in [-0.2, 0) is 9.59 Å². The zero-order chi connectivity index (χ0) is 18.9. The molecule has 0 aromatic heterocycles. The molecule has 0 saturated carbocycles. The molecule has 0 atom stereocenters. The van der Waals surface area contributed by atoms with Crippen LogP contribution in [0.4, 0.5) is 5.69 Å². The van der Waals surface area contributed by atoms with E-state index < -0.39 is 11.8 Å². The Kier molecular flexibility index (Phi) is 6.68. The molecule has 2 N–H and O–H groups in total. The van der Waals surface area contributed by atoms with Crippen molar-refractivity contribution in [3.05, 3.63) is 71.8 Å². The second kappa shape index (κ2) is 9.17. The number of amides is 2. The lowest BCUT2D eigenvalue weighted by molar-refractivity contribution is -0.136. The first-order valence-corrected chi connectivity index (χ1v) is 8.04. The van der Waals surface area contributed by atoms with Crippen LogP contribution < -0.4 is 15.5 Å². The van der Waals surface area contributed by atoms with Crippen LogP contribution in [0.15, 0.2) is 60.2 Å². The molecule has 0 aliphatic rings. The molecular weight excluding hydrogens is 330 g/mol. The lowest BCUT2D eigenvalue weighted by atomic mass is 10.1. The molecular formula is C20H21N3O3. The predicted molar refractivity (Wildman–Crippen MR) is 102 cm³/mol. The van der Waals surface area contributed by atoms with Gasteiger partial charge in [-0.05, 0) is 54.8 Å². The maximum absolute atomic E-state index is 11.9. The first-order chi connectivity index (χ1) is 12.5. The summed E-state index contributed by atoms with van der Waals surface area (Å²) in [5.41, 5.74) is 5.49. The van der Waals surface area contributed by atoms with Crippen LogP contribution in [0.3, 0.4) is 0 Å². The molecule has 0 bridgehead atoms. The van der Waals surface area contributed by atoms with E-state index in [1.807, 2.05) is 19.9 Å². The molecule has 0 unspecified atom stereocenters. The highest BCUT2D eigenvalue weighted by Gasteiger charge is 2.13. The molecule has 2 aromatic rings. The van der Waals surface area contributed by atoms with Gasteiger partial charge in [-0.2, -0.15) is 5.10 Å². The van der Waals surface area contributed by atoms with Gasteiger partial charge in [-0.1, -0.05) is 30.9 Å². The van der Waals surface area contributed by atoms with Crippen LogP contribution in [0.2, 0.25) is 0 Å². The molecule has 2 rings (SSSR count). The van der Waals surface area contributed by atoms with Gasteiger partial charge < -0.3 is 10.1 Å². The van der Waals surface area contributed by atoms with E-state index in [2.05, 4.69) is 22.4 Å². The monoisotopic (exact) mass is 351 g/mol. The van der Waals surface area contributed by atoms with Crippen LogP contribution in [0, 0.1) is 13.8 Å². The Morgan fingerprint density at radius 1 is 1.12 bits per heavy atom. The summed E-state index contributed by atoms with van der Waals surface area (Å²) < 4.78 is 5.42. The van der Waals surface area contributed by atoms with Crippen molar-refractivity contribution in [1.82, 2.24) is 5.43 Å². The van der Waals surface area contributed by atoms with Crippen molar-refractivity contribution >= 4 is 23.7 Å². The van der Waals surface area contributed by atoms with Gasteiger partial charge in [0.05, 0.1) is 6.21 Å². The number of aryl methyl sites for hydroxylation is 2. The van der Waals surface area contributed by atoms with Gasteiger partial charge in [-0.3, -0.25) is 9.59 Å². The lowest BCUT2D eigenvalue weighted by Crippen LogP contribution is -2.32. The second-order valence-electron chi connectivity index (χ2n) is 5.70. The number of hydrogen-bond donors (Lipinski definition) is 2. The highest BCUT2D eigenvalue weighted by Crippen LogP contribution is 2.13. The summed E-state index contributed by atoms with van der Waals surface area (Å²) in [6.07, 6.45) is 3.08. The van der Waals surface area contributed by atoms with Crippen LogP contribution in [0.5, 0.6) is 5.75 Å². The van der Waals surface area contributed by atoms with Crippen LogP contribution >= 0.6 is 0 Å². The van der Waals surface area contributed by atoms with Gasteiger partial charge >= 0.3 is 11.8 Å². The average Bonchev–Trinajstić information content (AvgIpc) is 2.59. The van der Waals surface area contributed by atoms with Crippen molar-refractivity contribution < 1.29 is 14.3 Å². The maximum atomic E-state index is 11.9. The SMILES string of the molecule is C=CCOc1cccc(/C=N\NC(=O)C(=O)Nc2cc(C)cc(C)c2)c1. The van der Waals surface area contributed by atoms with Crippen LogP contribution in [0.25, 0.3) is 0 Å². The van der Waals surface area contributed by atoms with Gasteiger partial charge in [0.1, 0.15) is 12.4 Å². The summed E-state index contributed by atoms with van der Waals surface area (Å²) in [5.74, 6) is -0.970. The molecule has 6 nitrogen and oxygen atoms in total. The smallest absolute Gasteiger partial charge is 0.329 e. The fourth-order valence-electron chi connectivity index (χ4n) is 2.29. The normalized spacial score (nSPS) is 10.4. The number of anilines is 1. The number of carbonyl (C=O) groups is 2. The van der Waals surface area contributed by atoms with Gasteiger partial charge in [0, 0.05) is 5.69 Å². The highest BCUT2D eigenvalue weighted by molar-refractivity contribution is 6.39. The molecule has 0 aliphatic heterocycles. The van der Waals surface area contributed by atoms with Gasteiger partial charge in [-0.25, -0.2) is 5.43 Å². The number of rotatable bonds is 6. The van der Waals surface area contributed by atoms with Gasteiger partial charge in [-0.15, -0.1) is 0 Å². The Labute approximate surface area is 152 Å². The topological polar surface area (TPSA) is 79.8 Å². The van der Waals surface area contributed by atoms with E-state index in [9.17, 15) is 9.59 Å². The van der Waals surface area contributed by atoms with Gasteiger partial charge in [0.25, 0.3) is 0 Å². The van der Waals surface area contributed by atoms with Crippen molar-refractivity contribution in [3.8, 4) is 5.75 Å². The van der Waals surface area contributed by atoms with Crippen molar-refractivity contribution in [3.63, 3.8) is 0 Å². The number of nitrogens with zero attached hydrogens (tertiary/aromatic N) is 1. The Balaban J connectivity index is 1.91. The third-order valence-electron chi connectivity index (χ3n) is 3.29. The summed E-state index contributed by atoms with van der Waals surface area (Å²) in [4.78, 5) is 23.8. The summed E-state index contributed by atoms with van der Waals surface area (Å²) in [6, 6.07) is 12.7. The lowest BCUT2D eigenvalue weighted by Gasteiger charge is -2.06. The number of nitrogens with one attached hydrogen (secondary N) is 2. The molecule has 0 radical (unpaired) electrons. The number of ether oxygens (including phenoxy) is 1. The van der Waals surface area contributed by atoms with E-state index in [4.69, 9.17) is 4.74 Å². The van der Waals surface area contributed by atoms with Gasteiger partial charge in [0.15, 0.2) is 0 Å². The van der Waals surface area contributed by atoms with Crippen LogP contribution in [0.1, 0.15) is 16.7 Å². The molecule has 0 spiro atoms. The average molecular weight is 351 g/mol.